The molecule has 0 amide bonds. The Hall–Kier alpha value is -2.68. The van der Waals surface area contributed by atoms with E-state index >= 15 is 0 Å². The second-order valence-electron chi connectivity index (χ2n) is 7.03. The first-order chi connectivity index (χ1) is 12.0. The zero-order valence-electron chi connectivity index (χ0n) is 15.0. The molecule has 0 heterocycles. The normalized spacial score (nSPS) is 11.0. The van der Waals surface area contributed by atoms with Crippen molar-refractivity contribution in [3.05, 3.63) is 90.5 Å². The summed E-state index contributed by atoms with van der Waals surface area (Å²) in [4.78, 5) is 0. The van der Waals surface area contributed by atoms with Crippen LogP contribution in [0.3, 0.4) is 0 Å². The Labute approximate surface area is 150 Å². The fourth-order valence-electron chi connectivity index (χ4n) is 2.78. The van der Waals surface area contributed by atoms with Crippen LogP contribution >= 0.6 is 0 Å². The summed E-state index contributed by atoms with van der Waals surface area (Å²) in [6.07, 6.45) is 0. The minimum atomic E-state index is -0.514. The maximum absolute atomic E-state index is 6.22. The Morgan fingerprint density at radius 3 is 1.52 bits per heavy atom. The zero-order valence-corrected chi connectivity index (χ0v) is 15.0. The molecule has 126 valence electrons. The third-order valence-corrected chi connectivity index (χ3v) is 4.00. The van der Waals surface area contributed by atoms with E-state index in [1.165, 1.54) is 5.56 Å². The number of rotatable bonds is 5. The molecule has 0 fully saturated rings. The Kier molecular flexibility index (Phi) is 5.13. The first kappa shape index (κ1) is 17.2. The molecule has 0 aliphatic heterocycles. The van der Waals surface area contributed by atoms with E-state index in [2.05, 4.69) is 39.0 Å². The first-order valence-electron chi connectivity index (χ1n) is 8.57. The Morgan fingerprint density at radius 1 is 0.600 bits per heavy atom. The molecule has 0 aliphatic rings. The van der Waals surface area contributed by atoms with Crippen LogP contribution in [0.4, 0.5) is 0 Å². The van der Waals surface area contributed by atoms with Crippen molar-refractivity contribution in [3.63, 3.8) is 0 Å². The molecule has 25 heavy (non-hydrogen) atoms. The Morgan fingerprint density at radius 2 is 1.04 bits per heavy atom. The highest BCUT2D eigenvalue weighted by molar-refractivity contribution is 6.63. The van der Waals surface area contributed by atoms with E-state index < -0.39 is 7.12 Å². The molecule has 3 aromatic rings. The second kappa shape index (κ2) is 7.48. The van der Waals surface area contributed by atoms with E-state index in [1.54, 1.807) is 0 Å². The van der Waals surface area contributed by atoms with Gasteiger partial charge in [-0.3, -0.25) is 0 Å². The lowest BCUT2D eigenvalue weighted by Gasteiger charge is -2.25. The van der Waals surface area contributed by atoms with E-state index in [0.717, 1.165) is 17.0 Å². The van der Waals surface area contributed by atoms with Crippen molar-refractivity contribution in [1.29, 1.82) is 0 Å². The molecular formula is C22H23BO2. The van der Waals surface area contributed by atoms with E-state index in [9.17, 15) is 0 Å². The van der Waals surface area contributed by atoms with E-state index in [1.807, 2.05) is 66.7 Å². The quantitative estimate of drug-likeness (QED) is 0.624. The van der Waals surface area contributed by atoms with Gasteiger partial charge < -0.3 is 9.31 Å². The molecule has 0 atom stereocenters. The van der Waals surface area contributed by atoms with Gasteiger partial charge in [-0.2, -0.15) is 0 Å². The van der Waals surface area contributed by atoms with Crippen LogP contribution in [0, 0.1) is 0 Å². The highest BCUT2D eigenvalue weighted by Crippen LogP contribution is 2.22. The van der Waals surface area contributed by atoms with Crippen molar-refractivity contribution in [2.75, 3.05) is 0 Å². The van der Waals surface area contributed by atoms with Gasteiger partial charge in [0, 0.05) is 5.46 Å². The molecule has 3 rings (SSSR count). The van der Waals surface area contributed by atoms with Crippen LogP contribution < -0.4 is 14.8 Å². The van der Waals surface area contributed by atoms with Crippen molar-refractivity contribution in [2.45, 2.75) is 26.2 Å². The molecule has 0 aromatic heterocycles. The van der Waals surface area contributed by atoms with Gasteiger partial charge in [0.1, 0.15) is 11.5 Å². The smallest absolute Gasteiger partial charge is 0.522 e. The molecule has 2 nitrogen and oxygen atoms in total. The van der Waals surface area contributed by atoms with Gasteiger partial charge in [0.2, 0.25) is 0 Å². The summed E-state index contributed by atoms with van der Waals surface area (Å²) < 4.78 is 12.4. The SMILES string of the molecule is CC(C)(C)c1ccccc1B(Oc1ccccc1)Oc1ccccc1. The molecule has 0 saturated carbocycles. The number of hydrogen-bond acceptors (Lipinski definition) is 2. The van der Waals surface area contributed by atoms with Gasteiger partial charge in [0.05, 0.1) is 0 Å². The van der Waals surface area contributed by atoms with Gasteiger partial charge in [0.25, 0.3) is 0 Å². The largest absolute Gasteiger partial charge is 0.632 e. The van der Waals surface area contributed by atoms with E-state index in [0.29, 0.717) is 0 Å². The first-order valence-corrected chi connectivity index (χ1v) is 8.57. The molecule has 0 N–H and O–H groups in total. The lowest BCUT2D eigenvalue weighted by molar-refractivity contribution is 0.437. The molecule has 0 saturated heterocycles. The van der Waals surface area contributed by atoms with Gasteiger partial charge in [-0.15, -0.1) is 0 Å². The van der Waals surface area contributed by atoms with Crippen molar-refractivity contribution < 1.29 is 9.31 Å². The average molecular weight is 330 g/mol. The third kappa shape index (κ3) is 4.45. The standard InChI is InChI=1S/C22H23BO2/c1-22(2,3)20-16-10-11-17-21(20)23(24-18-12-6-4-7-13-18)25-19-14-8-5-9-15-19/h4-17H,1-3H3. The van der Waals surface area contributed by atoms with Crippen LogP contribution in [0.2, 0.25) is 0 Å². The molecule has 0 aliphatic carbocycles. The summed E-state index contributed by atoms with van der Waals surface area (Å²) in [6, 6.07) is 27.9. The minimum Gasteiger partial charge on any atom is -0.522 e. The zero-order chi connectivity index (χ0) is 17.7. The summed E-state index contributed by atoms with van der Waals surface area (Å²) in [6.45, 7) is 6.61. The summed E-state index contributed by atoms with van der Waals surface area (Å²) in [5.41, 5.74) is 2.25. The van der Waals surface area contributed by atoms with Crippen LogP contribution in [0.25, 0.3) is 0 Å². The number of benzene rings is 3. The van der Waals surface area contributed by atoms with Crippen LogP contribution in [0.1, 0.15) is 26.3 Å². The monoisotopic (exact) mass is 330 g/mol. The van der Waals surface area contributed by atoms with Crippen LogP contribution in [-0.4, -0.2) is 7.12 Å². The maximum atomic E-state index is 6.22. The van der Waals surface area contributed by atoms with Crippen molar-refractivity contribution in [2.24, 2.45) is 0 Å². The van der Waals surface area contributed by atoms with Gasteiger partial charge in [-0.25, -0.2) is 0 Å². The molecular weight excluding hydrogens is 307 g/mol. The van der Waals surface area contributed by atoms with Crippen molar-refractivity contribution >= 4 is 12.6 Å². The highest BCUT2D eigenvalue weighted by atomic mass is 16.6. The Bertz CT molecular complexity index is 754. The number of hydrogen-bond donors (Lipinski definition) is 0. The fourth-order valence-corrected chi connectivity index (χ4v) is 2.78. The van der Waals surface area contributed by atoms with Crippen LogP contribution in [-0.2, 0) is 5.41 Å². The molecule has 0 spiro atoms. The summed E-state index contributed by atoms with van der Waals surface area (Å²) in [7, 11) is -0.514. The lowest BCUT2D eigenvalue weighted by Crippen LogP contribution is -2.46. The van der Waals surface area contributed by atoms with E-state index in [4.69, 9.17) is 9.31 Å². The third-order valence-electron chi connectivity index (χ3n) is 4.00. The summed E-state index contributed by atoms with van der Waals surface area (Å²) in [5.74, 6) is 1.57. The minimum absolute atomic E-state index is 0.00502. The second-order valence-corrected chi connectivity index (χ2v) is 7.03. The van der Waals surface area contributed by atoms with Gasteiger partial charge in [-0.1, -0.05) is 81.4 Å². The molecule has 0 unspecified atom stereocenters. The molecule has 3 heteroatoms. The average Bonchev–Trinajstić information content (AvgIpc) is 2.62. The van der Waals surface area contributed by atoms with Gasteiger partial charge in [-0.05, 0) is 35.2 Å². The summed E-state index contributed by atoms with van der Waals surface area (Å²) >= 11 is 0. The maximum Gasteiger partial charge on any atom is 0.632 e. The molecule has 3 aromatic carbocycles. The predicted octanol–water partition coefficient (Wildman–Crippen LogP) is 4.84. The summed E-state index contributed by atoms with van der Waals surface area (Å²) in [5, 5.41) is 0. The topological polar surface area (TPSA) is 18.5 Å². The number of para-hydroxylation sites is 2. The van der Waals surface area contributed by atoms with Crippen molar-refractivity contribution in [3.8, 4) is 11.5 Å². The van der Waals surface area contributed by atoms with E-state index in [-0.39, 0.29) is 5.41 Å². The Balaban J connectivity index is 1.99. The molecule has 0 radical (unpaired) electrons. The predicted molar refractivity (Wildman–Crippen MR) is 105 cm³/mol. The van der Waals surface area contributed by atoms with Gasteiger partial charge >= 0.3 is 7.12 Å². The van der Waals surface area contributed by atoms with Crippen LogP contribution in [0.5, 0.6) is 11.5 Å². The molecule has 0 bridgehead atoms. The lowest BCUT2D eigenvalue weighted by atomic mass is 9.69. The van der Waals surface area contributed by atoms with Crippen LogP contribution in [0.15, 0.2) is 84.9 Å². The van der Waals surface area contributed by atoms with Gasteiger partial charge in [0.15, 0.2) is 0 Å². The van der Waals surface area contributed by atoms with Crippen molar-refractivity contribution in [1.82, 2.24) is 0 Å². The fraction of sp³-hybridized carbons (Fsp3) is 0.182. The highest BCUT2D eigenvalue weighted by Gasteiger charge is 2.32.